The van der Waals surface area contributed by atoms with Gasteiger partial charge >= 0.3 is 0 Å². The van der Waals surface area contributed by atoms with Gasteiger partial charge in [0.15, 0.2) is 0 Å². The number of nitrogens with zero attached hydrogens (tertiary/aromatic N) is 2. The molecule has 0 radical (unpaired) electrons. The molecule has 0 unspecified atom stereocenters. The molecule has 0 atom stereocenters. The zero-order valence-electron chi connectivity index (χ0n) is 10.2. The van der Waals surface area contributed by atoms with Crippen molar-refractivity contribution in [3.05, 3.63) is 17.6 Å². The van der Waals surface area contributed by atoms with E-state index in [-0.39, 0.29) is 0 Å². The first-order chi connectivity index (χ1) is 7.11. The van der Waals surface area contributed by atoms with Crippen molar-refractivity contribution >= 4 is 5.82 Å². The fourth-order valence-electron chi connectivity index (χ4n) is 1.50. The molecule has 84 valence electrons. The van der Waals surface area contributed by atoms with Gasteiger partial charge in [0, 0.05) is 18.3 Å². The maximum atomic E-state index is 4.43. The van der Waals surface area contributed by atoms with Gasteiger partial charge in [-0.1, -0.05) is 20.8 Å². The Hall–Kier alpha value is -1.12. The molecule has 1 N–H and O–H groups in total. The first-order valence-electron chi connectivity index (χ1n) is 5.70. The summed E-state index contributed by atoms with van der Waals surface area (Å²) < 4.78 is 0. The molecule has 0 saturated heterocycles. The molecule has 15 heavy (non-hydrogen) atoms. The molecule has 0 aliphatic heterocycles. The van der Waals surface area contributed by atoms with Crippen LogP contribution in [0, 0.1) is 12.8 Å². The quantitative estimate of drug-likeness (QED) is 0.806. The van der Waals surface area contributed by atoms with Crippen LogP contribution in [0.25, 0.3) is 0 Å². The lowest BCUT2D eigenvalue weighted by Gasteiger charge is -2.09. The lowest BCUT2D eigenvalue weighted by molar-refractivity contribution is 0.632. The minimum absolute atomic E-state index is 0.637. The Morgan fingerprint density at radius 2 is 2.07 bits per heavy atom. The first kappa shape index (κ1) is 12.0. The van der Waals surface area contributed by atoms with E-state index >= 15 is 0 Å². The molecule has 1 heterocycles. The maximum absolute atomic E-state index is 4.43. The number of anilines is 1. The highest BCUT2D eigenvalue weighted by molar-refractivity contribution is 5.35. The SMILES string of the molecule is CCCNc1cc(CC(C)C)nc(C)n1. The maximum Gasteiger partial charge on any atom is 0.129 e. The Balaban J connectivity index is 2.75. The summed E-state index contributed by atoms with van der Waals surface area (Å²) in [5, 5.41) is 3.30. The van der Waals surface area contributed by atoms with Gasteiger partial charge in [0.1, 0.15) is 11.6 Å². The summed E-state index contributed by atoms with van der Waals surface area (Å²) in [6, 6.07) is 2.06. The van der Waals surface area contributed by atoms with Crippen molar-refractivity contribution in [1.82, 2.24) is 9.97 Å². The third kappa shape index (κ3) is 4.28. The van der Waals surface area contributed by atoms with Gasteiger partial charge in [-0.3, -0.25) is 0 Å². The highest BCUT2D eigenvalue weighted by Crippen LogP contribution is 2.10. The molecule has 3 heteroatoms. The smallest absolute Gasteiger partial charge is 0.129 e. The molecule has 0 spiro atoms. The van der Waals surface area contributed by atoms with E-state index in [0.29, 0.717) is 5.92 Å². The van der Waals surface area contributed by atoms with Crippen LogP contribution < -0.4 is 5.32 Å². The molecule has 1 aromatic heterocycles. The van der Waals surface area contributed by atoms with Gasteiger partial charge in [0.05, 0.1) is 0 Å². The summed E-state index contributed by atoms with van der Waals surface area (Å²) in [7, 11) is 0. The summed E-state index contributed by atoms with van der Waals surface area (Å²) in [6.45, 7) is 9.47. The molecule has 0 saturated carbocycles. The Morgan fingerprint density at radius 1 is 1.33 bits per heavy atom. The molecule has 0 aromatic carbocycles. The number of hydrogen-bond acceptors (Lipinski definition) is 3. The average molecular weight is 207 g/mol. The number of aryl methyl sites for hydroxylation is 1. The van der Waals surface area contributed by atoms with Gasteiger partial charge in [-0.05, 0) is 25.7 Å². The molecule has 3 nitrogen and oxygen atoms in total. The monoisotopic (exact) mass is 207 g/mol. The van der Waals surface area contributed by atoms with Gasteiger partial charge in [0.25, 0.3) is 0 Å². The molecule has 0 amide bonds. The minimum atomic E-state index is 0.637. The molecule has 0 bridgehead atoms. The largest absolute Gasteiger partial charge is 0.370 e. The van der Waals surface area contributed by atoms with Crippen LogP contribution in [0.15, 0.2) is 6.07 Å². The summed E-state index contributed by atoms with van der Waals surface area (Å²) in [4.78, 5) is 8.79. The van der Waals surface area contributed by atoms with Crippen molar-refractivity contribution in [2.24, 2.45) is 5.92 Å². The number of hydrogen-bond donors (Lipinski definition) is 1. The zero-order chi connectivity index (χ0) is 11.3. The van der Waals surface area contributed by atoms with Crippen molar-refractivity contribution in [1.29, 1.82) is 0 Å². The van der Waals surface area contributed by atoms with E-state index in [1.54, 1.807) is 0 Å². The third-order valence-corrected chi connectivity index (χ3v) is 2.06. The predicted octanol–water partition coefficient (Wildman–Crippen LogP) is 2.81. The first-order valence-corrected chi connectivity index (χ1v) is 5.70. The van der Waals surface area contributed by atoms with E-state index in [0.717, 1.165) is 36.7 Å². The van der Waals surface area contributed by atoms with Crippen LogP contribution in [-0.2, 0) is 6.42 Å². The average Bonchev–Trinajstić information content (AvgIpc) is 2.12. The van der Waals surface area contributed by atoms with E-state index in [1.807, 2.05) is 6.92 Å². The predicted molar refractivity (Wildman–Crippen MR) is 64.1 cm³/mol. The lowest BCUT2D eigenvalue weighted by Crippen LogP contribution is -2.06. The normalized spacial score (nSPS) is 10.7. The van der Waals surface area contributed by atoms with Crippen molar-refractivity contribution in [3.8, 4) is 0 Å². The van der Waals surface area contributed by atoms with Crippen molar-refractivity contribution in [2.75, 3.05) is 11.9 Å². The molecular weight excluding hydrogens is 186 g/mol. The van der Waals surface area contributed by atoms with Gasteiger partial charge < -0.3 is 5.32 Å². The van der Waals surface area contributed by atoms with Gasteiger partial charge in [0.2, 0.25) is 0 Å². The van der Waals surface area contributed by atoms with Crippen LogP contribution in [-0.4, -0.2) is 16.5 Å². The second kappa shape index (κ2) is 5.69. The van der Waals surface area contributed by atoms with Crippen LogP contribution in [0.2, 0.25) is 0 Å². The van der Waals surface area contributed by atoms with Crippen LogP contribution in [0.3, 0.4) is 0 Å². The van der Waals surface area contributed by atoms with Crippen LogP contribution in [0.1, 0.15) is 38.7 Å². The van der Waals surface area contributed by atoms with Crippen LogP contribution >= 0.6 is 0 Å². The van der Waals surface area contributed by atoms with E-state index in [2.05, 4.69) is 42.1 Å². The van der Waals surface area contributed by atoms with Crippen molar-refractivity contribution < 1.29 is 0 Å². The van der Waals surface area contributed by atoms with Gasteiger partial charge in [-0.25, -0.2) is 9.97 Å². The fourth-order valence-corrected chi connectivity index (χ4v) is 1.50. The summed E-state index contributed by atoms with van der Waals surface area (Å²) >= 11 is 0. The Bertz CT molecular complexity index is 308. The number of rotatable bonds is 5. The molecule has 0 aliphatic carbocycles. The molecule has 1 rings (SSSR count). The van der Waals surface area contributed by atoms with E-state index < -0.39 is 0 Å². The Kier molecular flexibility index (Phi) is 4.53. The third-order valence-electron chi connectivity index (χ3n) is 2.06. The van der Waals surface area contributed by atoms with E-state index in [1.165, 1.54) is 0 Å². The molecular formula is C12H21N3. The Morgan fingerprint density at radius 3 is 2.67 bits per heavy atom. The summed E-state index contributed by atoms with van der Waals surface area (Å²) in [5.41, 5.74) is 1.14. The van der Waals surface area contributed by atoms with Crippen molar-refractivity contribution in [2.45, 2.75) is 40.5 Å². The number of aromatic nitrogens is 2. The van der Waals surface area contributed by atoms with Gasteiger partial charge in [-0.15, -0.1) is 0 Å². The zero-order valence-corrected chi connectivity index (χ0v) is 10.2. The molecule has 0 aliphatic rings. The minimum Gasteiger partial charge on any atom is -0.370 e. The lowest BCUT2D eigenvalue weighted by atomic mass is 10.1. The van der Waals surface area contributed by atoms with Gasteiger partial charge in [-0.2, -0.15) is 0 Å². The van der Waals surface area contributed by atoms with Crippen LogP contribution in [0.4, 0.5) is 5.82 Å². The van der Waals surface area contributed by atoms with Crippen molar-refractivity contribution in [3.63, 3.8) is 0 Å². The second-order valence-corrected chi connectivity index (χ2v) is 4.32. The van der Waals surface area contributed by atoms with E-state index in [4.69, 9.17) is 0 Å². The molecule has 1 aromatic rings. The topological polar surface area (TPSA) is 37.8 Å². The second-order valence-electron chi connectivity index (χ2n) is 4.32. The molecule has 0 fully saturated rings. The fraction of sp³-hybridized carbons (Fsp3) is 0.667. The number of nitrogens with one attached hydrogen (secondary N) is 1. The Labute approximate surface area is 92.3 Å². The summed E-state index contributed by atoms with van der Waals surface area (Å²) in [5.74, 6) is 2.45. The van der Waals surface area contributed by atoms with E-state index in [9.17, 15) is 0 Å². The highest BCUT2D eigenvalue weighted by Gasteiger charge is 2.03. The van der Waals surface area contributed by atoms with Crippen LogP contribution in [0.5, 0.6) is 0 Å². The summed E-state index contributed by atoms with van der Waals surface area (Å²) in [6.07, 6.45) is 2.13. The standard InChI is InChI=1S/C12H21N3/c1-5-6-13-12-8-11(7-9(2)3)14-10(4)15-12/h8-9H,5-7H2,1-4H3,(H,13,14,15). The highest BCUT2D eigenvalue weighted by atomic mass is 15.0.